The van der Waals surface area contributed by atoms with E-state index in [9.17, 15) is 0 Å². The van der Waals surface area contributed by atoms with Crippen molar-refractivity contribution in [2.45, 2.75) is 37.4 Å². The Kier molecular flexibility index (Phi) is 8.22. The van der Waals surface area contributed by atoms with Gasteiger partial charge in [-0.1, -0.05) is 134 Å². The Labute approximate surface area is 349 Å². The van der Waals surface area contributed by atoms with Crippen molar-refractivity contribution in [2.24, 2.45) is 20.9 Å². The number of nitrogens with zero attached hydrogens (tertiary/aromatic N) is 5. The van der Waals surface area contributed by atoms with E-state index in [1.54, 1.807) is 0 Å². The zero-order chi connectivity index (χ0) is 39.6. The van der Waals surface area contributed by atoms with Crippen LogP contribution in [0.4, 0.5) is 11.4 Å². The van der Waals surface area contributed by atoms with Gasteiger partial charge in [-0.3, -0.25) is 4.57 Å². The monoisotopic (exact) mass is 774 g/mol. The quantitative estimate of drug-likeness (QED) is 0.171. The van der Waals surface area contributed by atoms with Crippen molar-refractivity contribution in [3.8, 4) is 0 Å². The van der Waals surface area contributed by atoms with Gasteiger partial charge in [0, 0.05) is 51.3 Å². The van der Waals surface area contributed by atoms with Crippen LogP contribution in [0.25, 0.3) is 33.2 Å². The van der Waals surface area contributed by atoms with Crippen LogP contribution in [0.15, 0.2) is 203 Å². The van der Waals surface area contributed by atoms with E-state index in [0.29, 0.717) is 5.92 Å². The maximum atomic E-state index is 5.13. The zero-order valence-corrected chi connectivity index (χ0v) is 33.1. The first-order chi connectivity index (χ1) is 29.8. The predicted molar refractivity (Wildman–Crippen MR) is 248 cm³/mol. The van der Waals surface area contributed by atoms with Gasteiger partial charge in [0.2, 0.25) is 0 Å². The number of benzene rings is 6. The Morgan fingerprint density at radius 2 is 1.35 bits per heavy atom. The highest BCUT2D eigenvalue weighted by Crippen LogP contribution is 2.53. The second kappa shape index (κ2) is 14.2. The van der Waals surface area contributed by atoms with Gasteiger partial charge in [0.25, 0.3) is 0 Å². The lowest BCUT2D eigenvalue weighted by atomic mass is 9.80. The number of nitrogens with one attached hydrogen (secondary N) is 1. The third-order valence-corrected chi connectivity index (χ3v) is 12.9. The molecule has 3 aliphatic heterocycles. The minimum absolute atomic E-state index is 0.120. The molecule has 4 heterocycles. The third-order valence-electron chi connectivity index (χ3n) is 12.9. The number of allylic oxidation sites excluding steroid dienone is 5. The van der Waals surface area contributed by atoms with E-state index in [2.05, 4.69) is 167 Å². The number of hydrogen-bond acceptors (Lipinski definition) is 5. The SMILES string of the molecule is C1=CC2C(C(c3ccc4c(c3)c3ccccc3n4C3=C4CCC=CC4CC=N3)=C1)c1ccccc1N2c1ccc(C2=NC(c3ccccc3)N=C(c3ccccc3)N2)cc1. The molecule has 288 valence electrons. The molecule has 0 saturated heterocycles. The van der Waals surface area contributed by atoms with Gasteiger partial charge in [-0.2, -0.15) is 0 Å². The number of anilines is 2. The van der Waals surface area contributed by atoms with Crippen LogP contribution in [0, 0.1) is 5.92 Å². The molecule has 6 nitrogen and oxygen atoms in total. The molecule has 4 unspecified atom stereocenters. The summed E-state index contributed by atoms with van der Waals surface area (Å²) in [5, 5.41) is 6.10. The third kappa shape index (κ3) is 5.66. The van der Waals surface area contributed by atoms with Crippen molar-refractivity contribution in [1.29, 1.82) is 0 Å². The topological polar surface area (TPSA) is 57.3 Å². The molecule has 7 aromatic rings. The molecule has 12 rings (SSSR count). The zero-order valence-electron chi connectivity index (χ0n) is 33.1. The van der Waals surface area contributed by atoms with Crippen LogP contribution in [-0.2, 0) is 0 Å². The molecule has 0 radical (unpaired) electrons. The maximum Gasteiger partial charge on any atom is 0.169 e. The van der Waals surface area contributed by atoms with Crippen LogP contribution in [-0.4, -0.2) is 28.5 Å². The highest BCUT2D eigenvalue weighted by atomic mass is 15.2. The molecule has 6 heteroatoms. The van der Waals surface area contributed by atoms with E-state index in [1.807, 2.05) is 36.4 Å². The van der Waals surface area contributed by atoms with Gasteiger partial charge in [0.15, 0.2) is 6.17 Å². The summed E-state index contributed by atoms with van der Waals surface area (Å²) in [6.45, 7) is 0. The Morgan fingerprint density at radius 3 is 2.20 bits per heavy atom. The second-order valence-corrected chi connectivity index (χ2v) is 16.2. The summed E-state index contributed by atoms with van der Waals surface area (Å²) in [5.41, 5.74) is 13.3. The predicted octanol–water partition coefficient (Wildman–Crippen LogP) is 12.2. The molecule has 0 fully saturated rings. The van der Waals surface area contributed by atoms with Gasteiger partial charge in [0.05, 0.1) is 17.1 Å². The fourth-order valence-electron chi connectivity index (χ4n) is 10.1. The van der Waals surface area contributed by atoms with Crippen LogP contribution in [0.2, 0.25) is 0 Å². The first-order valence-corrected chi connectivity index (χ1v) is 21.1. The molecule has 4 atom stereocenters. The fourth-order valence-corrected chi connectivity index (χ4v) is 10.1. The molecule has 1 aromatic heterocycles. The second-order valence-electron chi connectivity index (χ2n) is 16.2. The minimum Gasteiger partial charge on any atom is -0.333 e. The van der Waals surface area contributed by atoms with Crippen molar-refractivity contribution < 1.29 is 0 Å². The van der Waals surface area contributed by atoms with Gasteiger partial charge >= 0.3 is 0 Å². The molecule has 0 saturated carbocycles. The van der Waals surface area contributed by atoms with E-state index in [0.717, 1.165) is 59.1 Å². The van der Waals surface area contributed by atoms with E-state index in [1.165, 1.54) is 49.8 Å². The molecule has 6 aromatic carbocycles. The lowest BCUT2D eigenvalue weighted by Gasteiger charge is -2.31. The number of amidine groups is 2. The maximum absolute atomic E-state index is 5.13. The van der Waals surface area contributed by atoms with Gasteiger partial charge < -0.3 is 10.2 Å². The average Bonchev–Trinajstić information content (AvgIpc) is 3.84. The largest absolute Gasteiger partial charge is 0.333 e. The van der Waals surface area contributed by atoms with Crippen molar-refractivity contribution in [2.75, 3.05) is 4.90 Å². The summed E-state index contributed by atoms with van der Waals surface area (Å²) < 4.78 is 2.42. The average molecular weight is 775 g/mol. The standard InChI is InChI=1S/C54H42N6/c1-3-15-36(16-4-1)51-56-52(37-17-5-2-6-18-37)58-53(57-51)38-26-29-40(30-27-38)59-47-24-12-10-21-44(47)50-41(22-13-25-49(50)59)39-28-31-48-45(34-39)43-20-9-11-23-46(43)60(48)54-42-19-8-7-14-35(42)32-33-55-54/h1-7,9-18,20-31,33-35,49-51H,8,19,32H2,(H,56,57,58). The number of aliphatic imine (C=N–C) groups is 3. The van der Waals surface area contributed by atoms with Crippen LogP contribution in [0.5, 0.6) is 0 Å². The highest BCUT2D eigenvalue weighted by molar-refractivity contribution is 6.16. The smallest absolute Gasteiger partial charge is 0.169 e. The number of para-hydroxylation sites is 2. The fraction of sp³-hybridized carbons (Fsp3) is 0.130. The number of aromatic nitrogens is 1. The Balaban J connectivity index is 0.899. The number of fused-ring (bicyclic) bond motifs is 7. The Morgan fingerprint density at radius 1 is 0.633 bits per heavy atom. The lowest BCUT2D eigenvalue weighted by molar-refractivity contribution is 0.698. The molecular formula is C54H42N6. The normalized spacial score (nSPS) is 21.6. The van der Waals surface area contributed by atoms with Gasteiger partial charge in [0.1, 0.15) is 17.5 Å². The Hall–Kier alpha value is -7.31. The molecule has 0 spiro atoms. The number of rotatable bonds is 6. The summed E-state index contributed by atoms with van der Waals surface area (Å²) in [6, 6.07) is 54.5. The molecule has 1 N–H and O–H groups in total. The van der Waals surface area contributed by atoms with Crippen molar-refractivity contribution in [3.05, 3.63) is 215 Å². The van der Waals surface area contributed by atoms with E-state index >= 15 is 0 Å². The van der Waals surface area contributed by atoms with Gasteiger partial charge in [-0.05, 0) is 95.6 Å². The number of hydrogen-bond donors (Lipinski definition) is 1. The molecule has 60 heavy (non-hydrogen) atoms. The summed E-state index contributed by atoms with van der Waals surface area (Å²) in [5.74, 6) is 3.34. The van der Waals surface area contributed by atoms with Crippen LogP contribution < -0.4 is 10.2 Å². The summed E-state index contributed by atoms with van der Waals surface area (Å²) >= 11 is 0. The van der Waals surface area contributed by atoms with Crippen molar-refractivity contribution >= 4 is 62.5 Å². The summed E-state index contributed by atoms with van der Waals surface area (Å²) in [4.78, 5) is 17.8. The summed E-state index contributed by atoms with van der Waals surface area (Å²) in [6.07, 6.45) is 16.6. The first kappa shape index (κ1) is 34.7. The summed E-state index contributed by atoms with van der Waals surface area (Å²) in [7, 11) is 0. The van der Waals surface area contributed by atoms with Gasteiger partial charge in [-0.25, -0.2) is 15.0 Å². The van der Waals surface area contributed by atoms with E-state index in [4.69, 9.17) is 15.0 Å². The molecule has 0 amide bonds. The van der Waals surface area contributed by atoms with Crippen molar-refractivity contribution in [1.82, 2.24) is 9.88 Å². The molecule has 5 aliphatic rings. The molecule has 0 bridgehead atoms. The van der Waals surface area contributed by atoms with Crippen LogP contribution in [0.3, 0.4) is 0 Å². The van der Waals surface area contributed by atoms with Crippen LogP contribution >= 0.6 is 0 Å². The highest BCUT2D eigenvalue weighted by Gasteiger charge is 2.41. The Bertz CT molecular complexity index is 3050. The molecular weight excluding hydrogens is 733 g/mol. The first-order valence-electron chi connectivity index (χ1n) is 21.1. The van der Waals surface area contributed by atoms with Gasteiger partial charge in [-0.15, -0.1) is 0 Å². The van der Waals surface area contributed by atoms with Crippen LogP contribution in [0.1, 0.15) is 59.2 Å². The van der Waals surface area contributed by atoms with E-state index in [-0.39, 0.29) is 18.1 Å². The minimum atomic E-state index is -0.336. The lowest BCUT2D eigenvalue weighted by Crippen LogP contribution is -2.36. The van der Waals surface area contributed by atoms with E-state index < -0.39 is 0 Å². The van der Waals surface area contributed by atoms with Crippen molar-refractivity contribution in [3.63, 3.8) is 0 Å². The molecule has 2 aliphatic carbocycles.